The Morgan fingerprint density at radius 2 is 2.21 bits per heavy atom. The van der Waals surface area contributed by atoms with E-state index >= 15 is 0 Å². The molecule has 1 rings (SSSR count). The molecule has 0 spiro atoms. The number of aromatic nitrogens is 1. The highest BCUT2D eigenvalue weighted by atomic mass is 19.1. The van der Waals surface area contributed by atoms with E-state index in [0.29, 0.717) is 5.56 Å². The molecule has 0 bridgehead atoms. The smallest absolute Gasteiger partial charge is 0.304 e. The molecule has 0 atom stereocenters. The largest absolute Gasteiger partial charge is 0.481 e. The number of pyridine rings is 1. The van der Waals surface area contributed by atoms with Crippen molar-refractivity contribution in [1.29, 1.82) is 0 Å². The first kappa shape index (κ1) is 10.6. The first-order valence-electron chi connectivity index (χ1n) is 4.24. The van der Waals surface area contributed by atoms with Gasteiger partial charge in [-0.05, 0) is 11.6 Å². The molecule has 0 amide bonds. The minimum absolute atomic E-state index is 0.0435. The average Bonchev–Trinajstić information content (AvgIpc) is 2.01. The van der Waals surface area contributed by atoms with Gasteiger partial charge in [0.1, 0.15) is 5.82 Å². The van der Waals surface area contributed by atoms with Gasteiger partial charge in [0.2, 0.25) is 0 Å². The van der Waals surface area contributed by atoms with Crippen LogP contribution in [-0.4, -0.2) is 16.1 Å². The Morgan fingerprint density at radius 1 is 1.57 bits per heavy atom. The molecule has 14 heavy (non-hydrogen) atoms. The van der Waals surface area contributed by atoms with Crippen LogP contribution in [0.1, 0.15) is 25.8 Å². The third kappa shape index (κ3) is 2.52. The summed E-state index contributed by atoms with van der Waals surface area (Å²) in [7, 11) is 0. The van der Waals surface area contributed by atoms with Gasteiger partial charge in [-0.1, -0.05) is 13.8 Å². The lowest BCUT2D eigenvalue weighted by molar-refractivity contribution is -0.138. The van der Waals surface area contributed by atoms with E-state index in [-0.39, 0.29) is 6.42 Å². The number of rotatable bonds is 3. The van der Waals surface area contributed by atoms with Crippen molar-refractivity contribution in [1.82, 2.24) is 4.98 Å². The van der Waals surface area contributed by atoms with Crippen LogP contribution >= 0.6 is 0 Å². The number of carbonyl (C=O) groups is 1. The Hall–Kier alpha value is -1.45. The second kappa shape index (κ2) is 3.74. The Kier molecular flexibility index (Phi) is 2.84. The van der Waals surface area contributed by atoms with Crippen LogP contribution in [0.5, 0.6) is 0 Å². The fourth-order valence-electron chi connectivity index (χ4n) is 1.26. The summed E-state index contributed by atoms with van der Waals surface area (Å²) in [5.74, 6) is -1.35. The van der Waals surface area contributed by atoms with Crippen molar-refractivity contribution in [2.24, 2.45) is 0 Å². The van der Waals surface area contributed by atoms with E-state index < -0.39 is 17.2 Å². The molecule has 0 fully saturated rings. The molecule has 0 radical (unpaired) electrons. The molecule has 76 valence electrons. The van der Waals surface area contributed by atoms with E-state index in [0.717, 1.165) is 6.20 Å². The van der Waals surface area contributed by atoms with Gasteiger partial charge < -0.3 is 5.11 Å². The molecular formula is C10H12FNO2. The van der Waals surface area contributed by atoms with E-state index in [2.05, 4.69) is 4.98 Å². The normalized spacial score (nSPS) is 11.4. The maximum atomic E-state index is 12.8. The summed E-state index contributed by atoms with van der Waals surface area (Å²) in [6.45, 7) is 3.50. The molecule has 0 saturated heterocycles. The molecule has 0 aromatic carbocycles. The summed E-state index contributed by atoms with van der Waals surface area (Å²) < 4.78 is 12.8. The first-order chi connectivity index (χ1) is 6.42. The minimum atomic E-state index is -0.903. The van der Waals surface area contributed by atoms with Gasteiger partial charge >= 0.3 is 5.97 Å². The zero-order valence-corrected chi connectivity index (χ0v) is 8.12. The number of carboxylic acids is 1. The van der Waals surface area contributed by atoms with Crippen molar-refractivity contribution >= 4 is 5.97 Å². The van der Waals surface area contributed by atoms with Crippen LogP contribution < -0.4 is 0 Å². The number of aliphatic carboxylic acids is 1. The zero-order valence-electron chi connectivity index (χ0n) is 8.12. The third-order valence-electron chi connectivity index (χ3n) is 2.08. The lowest BCUT2D eigenvalue weighted by atomic mass is 9.82. The van der Waals surface area contributed by atoms with Gasteiger partial charge in [-0.25, -0.2) is 4.39 Å². The fourth-order valence-corrected chi connectivity index (χ4v) is 1.26. The van der Waals surface area contributed by atoms with Gasteiger partial charge in [0.25, 0.3) is 0 Å². The van der Waals surface area contributed by atoms with E-state index in [1.54, 1.807) is 13.8 Å². The fraction of sp³-hybridized carbons (Fsp3) is 0.400. The predicted octanol–water partition coefficient (Wildman–Crippen LogP) is 1.97. The Labute approximate surface area is 81.6 Å². The minimum Gasteiger partial charge on any atom is -0.481 e. The van der Waals surface area contributed by atoms with Crippen LogP contribution in [0.25, 0.3) is 0 Å². The highest BCUT2D eigenvalue weighted by molar-refractivity contribution is 5.68. The molecular weight excluding hydrogens is 185 g/mol. The lowest BCUT2D eigenvalue weighted by Gasteiger charge is -2.22. The van der Waals surface area contributed by atoms with Gasteiger partial charge in [0.15, 0.2) is 0 Å². The van der Waals surface area contributed by atoms with E-state index in [1.165, 1.54) is 12.3 Å². The van der Waals surface area contributed by atoms with Crippen molar-refractivity contribution in [2.75, 3.05) is 0 Å². The maximum absolute atomic E-state index is 12.8. The van der Waals surface area contributed by atoms with Crippen molar-refractivity contribution in [3.63, 3.8) is 0 Å². The van der Waals surface area contributed by atoms with Gasteiger partial charge in [-0.2, -0.15) is 0 Å². The van der Waals surface area contributed by atoms with Crippen LogP contribution in [0.15, 0.2) is 18.5 Å². The molecule has 0 saturated carbocycles. The topological polar surface area (TPSA) is 50.2 Å². The zero-order chi connectivity index (χ0) is 10.8. The predicted molar refractivity (Wildman–Crippen MR) is 49.5 cm³/mol. The van der Waals surface area contributed by atoms with Crippen LogP contribution in [0, 0.1) is 5.82 Å². The summed E-state index contributed by atoms with van der Waals surface area (Å²) >= 11 is 0. The van der Waals surface area contributed by atoms with Gasteiger partial charge in [0.05, 0.1) is 12.6 Å². The summed E-state index contributed by atoms with van der Waals surface area (Å²) in [5.41, 5.74) is 0.000833. The highest BCUT2D eigenvalue weighted by Crippen LogP contribution is 2.26. The van der Waals surface area contributed by atoms with E-state index in [4.69, 9.17) is 5.11 Å². The molecule has 1 N–H and O–H groups in total. The molecule has 0 aliphatic heterocycles. The Morgan fingerprint density at radius 3 is 2.71 bits per heavy atom. The van der Waals surface area contributed by atoms with Crippen LogP contribution in [0.4, 0.5) is 4.39 Å². The molecule has 1 aromatic heterocycles. The first-order valence-corrected chi connectivity index (χ1v) is 4.24. The Balaban J connectivity index is 2.97. The Bertz CT molecular complexity index is 350. The second-order valence-corrected chi connectivity index (χ2v) is 3.85. The molecule has 3 nitrogen and oxygen atoms in total. The summed E-state index contributed by atoms with van der Waals surface area (Å²) in [4.78, 5) is 14.2. The number of nitrogens with zero attached hydrogens (tertiary/aromatic N) is 1. The van der Waals surface area contributed by atoms with Gasteiger partial charge in [0, 0.05) is 11.6 Å². The van der Waals surface area contributed by atoms with Crippen LogP contribution in [0.3, 0.4) is 0 Å². The van der Waals surface area contributed by atoms with Gasteiger partial charge in [-0.3, -0.25) is 9.78 Å². The number of hydrogen-bond donors (Lipinski definition) is 1. The van der Waals surface area contributed by atoms with Crippen LogP contribution in [0.2, 0.25) is 0 Å². The van der Waals surface area contributed by atoms with Crippen molar-refractivity contribution < 1.29 is 14.3 Å². The van der Waals surface area contributed by atoms with Crippen molar-refractivity contribution in [2.45, 2.75) is 25.7 Å². The molecule has 0 aliphatic carbocycles. The summed E-state index contributed by atoms with van der Waals surface area (Å²) in [6.07, 6.45) is 2.55. The number of hydrogen-bond acceptors (Lipinski definition) is 2. The molecule has 1 aromatic rings. The lowest BCUT2D eigenvalue weighted by Crippen LogP contribution is -2.22. The maximum Gasteiger partial charge on any atom is 0.304 e. The van der Waals surface area contributed by atoms with Crippen LogP contribution in [-0.2, 0) is 10.2 Å². The van der Waals surface area contributed by atoms with E-state index in [9.17, 15) is 9.18 Å². The standard InChI is InChI=1S/C10H12FNO2/c1-10(2,4-9(13)14)7-3-8(11)6-12-5-7/h3,5-6H,4H2,1-2H3,(H,13,14). The van der Waals surface area contributed by atoms with Crippen molar-refractivity contribution in [3.8, 4) is 0 Å². The molecule has 0 aliphatic rings. The summed E-state index contributed by atoms with van der Waals surface area (Å²) in [5, 5.41) is 8.67. The quantitative estimate of drug-likeness (QED) is 0.805. The average molecular weight is 197 g/mol. The third-order valence-corrected chi connectivity index (χ3v) is 2.08. The number of halogens is 1. The van der Waals surface area contributed by atoms with Crippen molar-refractivity contribution in [3.05, 3.63) is 29.8 Å². The van der Waals surface area contributed by atoms with E-state index in [1.807, 2.05) is 0 Å². The molecule has 0 unspecified atom stereocenters. The summed E-state index contributed by atoms with van der Waals surface area (Å²) in [6, 6.07) is 1.32. The second-order valence-electron chi connectivity index (χ2n) is 3.85. The van der Waals surface area contributed by atoms with Gasteiger partial charge in [-0.15, -0.1) is 0 Å². The monoisotopic (exact) mass is 197 g/mol. The highest BCUT2D eigenvalue weighted by Gasteiger charge is 2.24. The molecule has 1 heterocycles. The molecule has 4 heteroatoms. The number of carboxylic acid groups (broad SMARTS) is 1. The SMILES string of the molecule is CC(C)(CC(=O)O)c1cncc(F)c1.